The molecule has 0 amide bonds. The van der Waals surface area contributed by atoms with E-state index in [4.69, 9.17) is 5.73 Å². The highest BCUT2D eigenvalue weighted by Gasteiger charge is 2.18. The summed E-state index contributed by atoms with van der Waals surface area (Å²) in [6.45, 7) is 3.91. The van der Waals surface area contributed by atoms with Gasteiger partial charge in [0.25, 0.3) is 0 Å². The van der Waals surface area contributed by atoms with Crippen LogP contribution in [0, 0.1) is 5.92 Å². The minimum atomic E-state index is 0.665. The van der Waals surface area contributed by atoms with Gasteiger partial charge in [-0.15, -0.1) is 5.10 Å². The number of nitrogens with zero attached hydrogens (tertiary/aromatic N) is 3. The lowest BCUT2D eigenvalue weighted by atomic mass is 9.83. The maximum absolute atomic E-state index is 5.61. The molecule has 1 heterocycles. The molecule has 0 aromatic carbocycles. The number of rotatable bonds is 7. The lowest BCUT2D eigenvalue weighted by molar-refractivity contribution is 0.275. The van der Waals surface area contributed by atoms with E-state index in [1.807, 2.05) is 0 Å². The molecule has 4 heteroatoms. The largest absolute Gasteiger partial charge is 0.330 e. The van der Waals surface area contributed by atoms with Crippen LogP contribution in [0.4, 0.5) is 0 Å². The maximum Gasteiger partial charge on any atom is 0.0871 e. The Morgan fingerprint density at radius 1 is 1.35 bits per heavy atom. The van der Waals surface area contributed by atoms with E-state index in [1.165, 1.54) is 31.4 Å². The van der Waals surface area contributed by atoms with Crippen molar-refractivity contribution >= 4 is 0 Å². The zero-order valence-corrected chi connectivity index (χ0v) is 10.9. The molecule has 96 valence electrons. The number of aryl methyl sites for hydroxylation is 1. The summed E-state index contributed by atoms with van der Waals surface area (Å²) in [5.41, 5.74) is 8.04. The molecule has 17 heavy (non-hydrogen) atoms. The Labute approximate surface area is 104 Å². The monoisotopic (exact) mass is 236 g/mol. The fourth-order valence-corrected chi connectivity index (χ4v) is 2.48. The first-order valence-electron chi connectivity index (χ1n) is 6.96. The second kappa shape index (κ2) is 6.15. The maximum atomic E-state index is 5.61. The summed E-state index contributed by atoms with van der Waals surface area (Å²) in [6.07, 6.45) is 8.59. The van der Waals surface area contributed by atoms with Crippen LogP contribution in [0.5, 0.6) is 0 Å². The van der Waals surface area contributed by atoms with E-state index in [0.717, 1.165) is 37.4 Å². The van der Waals surface area contributed by atoms with Crippen molar-refractivity contribution in [2.24, 2.45) is 11.7 Å². The number of aromatic nitrogens is 3. The molecule has 0 atom stereocenters. The highest BCUT2D eigenvalue weighted by atomic mass is 15.4. The molecular formula is C13H24N4. The lowest BCUT2D eigenvalue weighted by Crippen LogP contribution is -2.16. The van der Waals surface area contributed by atoms with Gasteiger partial charge in [-0.25, -0.2) is 4.68 Å². The Morgan fingerprint density at radius 3 is 2.76 bits per heavy atom. The minimum absolute atomic E-state index is 0.665. The SMILES string of the molecule is CCCc1c(CCN)nnn1CCC1CCC1. The smallest absolute Gasteiger partial charge is 0.0871 e. The molecule has 0 spiro atoms. The minimum Gasteiger partial charge on any atom is -0.330 e. The quantitative estimate of drug-likeness (QED) is 0.787. The standard InChI is InChI=1S/C13H24N4/c1-2-4-13-12(7-9-14)15-16-17(13)10-8-11-5-3-6-11/h11H,2-10,14H2,1H3. The summed E-state index contributed by atoms with van der Waals surface area (Å²) < 4.78 is 2.12. The molecule has 2 N–H and O–H groups in total. The molecule has 1 saturated carbocycles. The highest BCUT2D eigenvalue weighted by molar-refractivity contribution is 5.11. The summed E-state index contributed by atoms with van der Waals surface area (Å²) in [4.78, 5) is 0. The Hall–Kier alpha value is -0.900. The first-order valence-corrected chi connectivity index (χ1v) is 6.96. The Kier molecular flexibility index (Phi) is 4.54. The third-order valence-electron chi connectivity index (χ3n) is 3.76. The summed E-state index contributed by atoms with van der Waals surface area (Å²) >= 11 is 0. The van der Waals surface area contributed by atoms with Gasteiger partial charge in [0.05, 0.1) is 11.4 Å². The predicted octanol–water partition coefficient (Wildman–Crippen LogP) is 1.92. The van der Waals surface area contributed by atoms with Crippen molar-refractivity contribution in [3.63, 3.8) is 0 Å². The highest BCUT2D eigenvalue weighted by Crippen LogP contribution is 2.29. The van der Waals surface area contributed by atoms with Gasteiger partial charge < -0.3 is 5.73 Å². The van der Waals surface area contributed by atoms with E-state index in [9.17, 15) is 0 Å². The van der Waals surface area contributed by atoms with E-state index >= 15 is 0 Å². The number of hydrogen-bond acceptors (Lipinski definition) is 3. The second-order valence-corrected chi connectivity index (χ2v) is 5.08. The van der Waals surface area contributed by atoms with Crippen molar-refractivity contribution in [1.82, 2.24) is 15.0 Å². The zero-order chi connectivity index (χ0) is 12.1. The van der Waals surface area contributed by atoms with Crippen LogP contribution in [0.1, 0.15) is 50.4 Å². The first-order chi connectivity index (χ1) is 8.35. The summed E-state index contributed by atoms with van der Waals surface area (Å²) in [6, 6.07) is 0. The molecule has 0 aliphatic heterocycles. The number of nitrogens with two attached hydrogens (primary N) is 1. The Balaban J connectivity index is 1.97. The summed E-state index contributed by atoms with van der Waals surface area (Å²) in [5.74, 6) is 0.937. The molecule has 0 bridgehead atoms. The molecule has 0 unspecified atom stereocenters. The first kappa shape index (κ1) is 12.6. The molecule has 1 aliphatic carbocycles. The molecular weight excluding hydrogens is 212 g/mol. The van der Waals surface area contributed by atoms with Gasteiger partial charge in [-0.1, -0.05) is 37.8 Å². The molecule has 1 aromatic rings. The predicted molar refractivity (Wildman–Crippen MR) is 68.7 cm³/mol. The molecule has 2 rings (SSSR count). The van der Waals surface area contributed by atoms with Crippen LogP contribution >= 0.6 is 0 Å². The molecule has 1 aliphatic rings. The van der Waals surface area contributed by atoms with Gasteiger partial charge in [-0.3, -0.25) is 0 Å². The van der Waals surface area contributed by atoms with Crippen molar-refractivity contribution in [2.45, 2.75) is 58.4 Å². The normalized spacial score (nSPS) is 16.1. The van der Waals surface area contributed by atoms with Gasteiger partial charge >= 0.3 is 0 Å². The van der Waals surface area contributed by atoms with Crippen molar-refractivity contribution in [1.29, 1.82) is 0 Å². The van der Waals surface area contributed by atoms with Crippen molar-refractivity contribution in [3.8, 4) is 0 Å². The van der Waals surface area contributed by atoms with Crippen LogP contribution < -0.4 is 5.73 Å². The van der Waals surface area contributed by atoms with Crippen LogP contribution in [-0.4, -0.2) is 21.5 Å². The zero-order valence-electron chi connectivity index (χ0n) is 10.9. The molecule has 0 saturated heterocycles. The average molecular weight is 236 g/mol. The summed E-state index contributed by atoms with van der Waals surface area (Å²) in [7, 11) is 0. The third-order valence-corrected chi connectivity index (χ3v) is 3.76. The third kappa shape index (κ3) is 3.06. The molecule has 0 radical (unpaired) electrons. The van der Waals surface area contributed by atoms with Gasteiger partial charge in [-0.05, 0) is 25.3 Å². The van der Waals surface area contributed by atoms with E-state index in [0.29, 0.717) is 6.54 Å². The Morgan fingerprint density at radius 2 is 2.18 bits per heavy atom. The van der Waals surface area contributed by atoms with Crippen LogP contribution in [0.25, 0.3) is 0 Å². The van der Waals surface area contributed by atoms with Gasteiger partial charge in [0.2, 0.25) is 0 Å². The van der Waals surface area contributed by atoms with E-state index < -0.39 is 0 Å². The van der Waals surface area contributed by atoms with Gasteiger partial charge in [0.1, 0.15) is 0 Å². The van der Waals surface area contributed by atoms with E-state index in [-0.39, 0.29) is 0 Å². The van der Waals surface area contributed by atoms with Crippen LogP contribution in [-0.2, 0) is 19.4 Å². The van der Waals surface area contributed by atoms with E-state index in [1.54, 1.807) is 0 Å². The fraction of sp³-hybridized carbons (Fsp3) is 0.846. The van der Waals surface area contributed by atoms with Gasteiger partial charge in [-0.2, -0.15) is 0 Å². The molecule has 1 fully saturated rings. The van der Waals surface area contributed by atoms with Gasteiger partial charge in [0, 0.05) is 13.0 Å². The van der Waals surface area contributed by atoms with Crippen molar-refractivity contribution in [3.05, 3.63) is 11.4 Å². The van der Waals surface area contributed by atoms with Gasteiger partial charge in [0.15, 0.2) is 0 Å². The van der Waals surface area contributed by atoms with E-state index in [2.05, 4.69) is 21.9 Å². The molecule has 1 aromatic heterocycles. The second-order valence-electron chi connectivity index (χ2n) is 5.08. The number of hydrogen-bond donors (Lipinski definition) is 1. The topological polar surface area (TPSA) is 56.7 Å². The van der Waals surface area contributed by atoms with Crippen molar-refractivity contribution < 1.29 is 0 Å². The van der Waals surface area contributed by atoms with Crippen LogP contribution in [0.3, 0.4) is 0 Å². The lowest BCUT2D eigenvalue weighted by Gasteiger charge is -2.25. The van der Waals surface area contributed by atoms with Crippen LogP contribution in [0.2, 0.25) is 0 Å². The van der Waals surface area contributed by atoms with Crippen LogP contribution in [0.15, 0.2) is 0 Å². The summed E-state index contributed by atoms with van der Waals surface area (Å²) in [5, 5.41) is 8.57. The average Bonchev–Trinajstić information content (AvgIpc) is 2.61. The molecule has 4 nitrogen and oxygen atoms in total. The van der Waals surface area contributed by atoms with Crippen molar-refractivity contribution in [2.75, 3.05) is 6.54 Å². The fourth-order valence-electron chi connectivity index (χ4n) is 2.48. The Bertz CT molecular complexity index is 341.